The summed E-state index contributed by atoms with van der Waals surface area (Å²) in [7, 11) is -0.558. The van der Waals surface area contributed by atoms with Gasteiger partial charge in [-0.15, -0.1) is 0 Å². The van der Waals surface area contributed by atoms with Crippen molar-refractivity contribution in [2.24, 2.45) is 0 Å². The molecule has 2 atom stereocenters. The number of ether oxygens (including phenoxy) is 1. The van der Waals surface area contributed by atoms with Crippen molar-refractivity contribution in [3.05, 3.63) is 64.7 Å². The monoisotopic (exact) mass is 453 g/mol. The molecule has 0 aliphatic rings. The zero-order valence-corrected chi connectivity index (χ0v) is 17.4. The van der Waals surface area contributed by atoms with Gasteiger partial charge in [-0.1, -0.05) is 6.07 Å². The lowest BCUT2D eigenvalue weighted by Crippen LogP contribution is -2.36. The van der Waals surface area contributed by atoms with Crippen molar-refractivity contribution in [2.75, 3.05) is 7.11 Å². The molecule has 0 aliphatic carbocycles. The molecule has 10 heteroatoms. The summed E-state index contributed by atoms with van der Waals surface area (Å²) >= 11 is 0. The fraction of sp³-hybridized carbons (Fsp3) is 0.400. The fourth-order valence-electron chi connectivity index (χ4n) is 2.57. The Morgan fingerprint density at radius 3 is 2.17 bits per heavy atom. The largest absolute Gasteiger partial charge is 0.494 e. The van der Waals surface area contributed by atoms with Crippen molar-refractivity contribution in [2.45, 2.75) is 43.9 Å². The van der Waals surface area contributed by atoms with E-state index in [0.29, 0.717) is 12.1 Å². The summed E-state index contributed by atoms with van der Waals surface area (Å²) in [5, 5.41) is 0. The van der Waals surface area contributed by atoms with Gasteiger partial charge in [-0.3, -0.25) is 0 Å². The average molecular weight is 453 g/mol. The van der Waals surface area contributed by atoms with E-state index in [4.69, 9.17) is 4.74 Å². The number of hydrogen-bond donors (Lipinski definition) is 1. The van der Waals surface area contributed by atoms with Crippen LogP contribution in [0, 0.1) is 11.6 Å². The summed E-state index contributed by atoms with van der Waals surface area (Å²) in [4.78, 5) is 0. The number of halogens is 6. The van der Waals surface area contributed by atoms with Crippen LogP contribution in [0.3, 0.4) is 0 Å². The van der Waals surface area contributed by atoms with E-state index in [-0.39, 0.29) is 16.9 Å². The van der Waals surface area contributed by atoms with Crippen LogP contribution in [0.5, 0.6) is 5.75 Å². The third kappa shape index (κ3) is 5.34. The normalized spacial score (nSPS) is 14.6. The molecule has 1 N–H and O–H groups in total. The number of benzene rings is 2. The quantitative estimate of drug-likeness (QED) is 0.565. The van der Waals surface area contributed by atoms with Gasteiger partial charge in [-0.25, -0.2) is 26.5 Å². The molecule has 0 saturated heterocycles. The van der Waals surface area contributed by atoms with E-state index in [1.807, 2.05) is 0 Å². The lowest BCUT2D eigenvalue weighted by molar-refractivity contribution is -0.135. The van der Waals surface area contributed by atoms with Crippen LogP contribution in [-0.2, 0) is 16.9 Å². The molecule has 3 nitrogen and oxygen atoms in total. The predicted octanol–water partition coefficient (Wildman–Crippen LogP) is 5.47. The van der Waals surface area contributed by atoms with Crippen molar-refractivity contribution in [1.82, 2.24) is 4.72 Å². The van der Waals surface area contributed by atoms with Crippen LogP contribution in [-0.4, -0.2) is 22.5 Å². The molecular formula is C20H21F6NO2S. The fourth-order valence-corrected chi connectivity index (χ4v) is 3.41. The lowest BCUT2D eigenvalue weighted by atomic mass is 9.95. The Bertz CT molecular complexity index is 930. The molecule has 0 aromatic heterocycles. The standard InChI is InChI=1S/C20H21F6NO2S/c1-19(2,3)30(28)27-17(11-5-6-15(22)16(9-11)29-4)12-7-13(10-14(21)8-12)20(25,26)18(23)24/h5-10,17-18,27H,1-4H3. The first-order chi connectivity index (χ1) is 13.8. The van der Waals surface area contributed by atoms with E-state index in [1.165, 1.54) is 19.2 Å². The summed E-state index contributed by atoms with van der Waals surface area (Å²) in [6, 6.07) is 4.24. The predicted molar refractivity (Wildman–Crippen MR) is 102 cm³/mol. The van der Waals surface area contributed by atoms with Gasteiger partial charge in [0.05, 0.1) is 28.9 Å². The topological polar surface area (TPSA) is 38.3 Å². The van der Waals surface area contributed by atoms with E-state index in [1.54, 1.807) is 20.8 Å². The van der Waals surface area contributed by atoms with Gasteiger partial charge in [0.2, 0.25) is 0 Å². The molecule has 166 valence electrons. The third-order valence-corrected chi connectivity index (χ3v) is 5.76. The Morgan fingerprint density at radius 2 is 1.63 bits per heavy atom. The minimum atomic E-state index is -4.59. The molecule has 2 aromatic rings. The zero-order chi connectivity index (χ0) is 22.9. The van der Waals surface area contributed by atoms with Gasteiger partial charge < -0.3 is 4.74 Å². The zero-order valence-electron chi connectivity index (χ0n) is 16.6. The number of rotatable bonds is 7. The van der Waals surface area contributed by atoms with Gasteiger partial charge in [0, 0.05) is 5.56 Å². The molecule has 0 amide bonds. The van der Waals surface area contributed by atoms with Gasteiger partial charge in [0.1, 0.15) is 5.82 Å². The van der Waals surface area contributed by atoms with Crippen LogP contribution in [0.25, 0.3) is 0 Å². The lowest BCUT2D eigenvalue weighted by Gasteiger charge is -2.26. The van der Waals surface area contributed by atoms with Crippen LogP contribution < -0.4 is 9.46 Å². The minimum absolute atomic E-state index is 0.184. The maximum atomic E-state index is 14.1. The summed E-state index contributed by atoms with van der Waals surface area (Å²) in [6.07, 6.45) is -4.05. The van der Waals surface area contributed by atoms with Crippen LogP contribution in [0.15, 0.2) is 36.4 Å². The summed E-state index contributed by atoms with van der Waals surface area (Å²) in [5.74, 6) is -6.66. The van der Waals surface area contributed by atoms with Gasteiger partial charge >= 0.3 is 12.3 Å². The summed E-state index contributed by atoms with van der Waals surface area (Å²) in [5.41, 5.74) is -1.20. The van der Waals surface area contributed by atoms with E-state index >= 15 is 0 Å². The average Bonchev–Trinajstić information content (AvgIpc) is 2.65. The van der Waals surface area contributed by atoms with Crippen molar-refractivity contribution in [1.29, 1.82) is 0 Å². The van der Waals surface area contributed by atoms with Crippen molar-refractivity contribution >= 4 is 11.0 Å². The molecule has 2 aromatic carbocycles. The van der Waals surface area contributed by atoms with Crippen molar-refractivity contribution < 1.29 is 35.3 Å². The van der Waals surface area contributed by atoms with Crippen LogP contribution in [0.4, 0.5) is 26.3 Å². The first-order valence-corrected chi connectivity index (χ1v) is 9.90. The number of alkyl halides is 4. The van der Waals surface area contributed by atoms with Gasteiger partial charge in [-0.05, 0) is 62.2 Å². The maximum Gasteiger partial charge on any atom is 0.332 e. The maximum absolute atomic E-state index is 14.1. The SMILES string of the molecule is COc1cc(C(NS(=O)C(C)(C)C)c2cc(F)cc(C(F)(F)C(F)F)c2)ccc1F. The van der Waals surface area contributed by atoms with Crippen LogP contribution >= 0.6 is 0 Å². The smallest absolute Gasteiger partial charge is 0.332 e. The van der Waals surface area contributed by atoms with E-state index in [9.17, 15) is 30.6 Å². The molecule has 0 aliphatic heterocycles. The second kappa shape index (κ2) is 8.97. The van der Waals surface area contributed by atoms with Crippen LogP contribution in [0.1, 0.15) is 43.5 Å². The molecule has 0 bridgehead atoms. The van der Waals surface area contributed by atoms with E-state index in [2.05, 4.69) is 4.72 Å². The number of methoxy groups -OCH3 is 1. The van der Waals surface area contributed by atoms with E-state index < -0.39 is 51.3 Å². The Morgan fingerprint density at radius 1 is 1.00 bits per heavy atom. The highest BCUT2D eigenvalue weighted by Crippen LogP contribution is 2.37. The van der Waals surface area contributed by atoms with Crippen LogP contribution in [0.2, 0.25) is 0 Å². The summed E-state index contributed by atoms with van der Waals surface area (Å²) < 4.78 is 101. The van der Waals surface area contributed by atoms with Gasteiger partial charge in [0.25, 0.3) is 0 Å². The highest BCUT2D eigenvalue weighted by atomic mass is 32.2. The summed E-state index contributed by atoms with van der Waals surface area (Å²) in [6.45, 7) is 4.92. The first kappa shape index (κ1) is 24.2. The second-order valence-electron chi connectivity index (χ2n) is 7.52. The Labute approximate surface area is 173 Å². The van der Waals surface area contributed by atoms with Crippen molar-refractivity contribution in [3.63, 3.8) is 0 Å². The number of nitrogens with one attached hydrogen (secondary N) is 1. The highest BCUT2D eigenvalue weighted by Gasteiger charge is 2.43. The molecular weight excluding hydrogens is 432 g/mol. The minimum Gasteiger partial charge on any atom is -0.494 e. The highest BCUT2D eigenvalue weighted by molar-refractivity contribution is 7.84. The number of hydrogen-bond acceptors (Lipinski definition) is 2. The second-order valence-corrected chi connectivity index (χ2v) is 9.52. The molecule has 30 heavy (non-hydrogen) atoms. The molecule has 0 spiro atoms. The first-order valence-electron chi connectivity index (χ1n) is 8.75. The molecule has 0 fully saturated rings. The third-order valence-electron chi connectivity index (χ3n) is 4.20. The Kier molecular flexibility index (Phi) is 7.24. The molecule has 0 radical (unpaired) electrons. The molecule has 0 heterocycles. The van der Waals surface area contributed by atoms with Gasteiger partial charge in [0.15, 0.2) is 11.6 Å². The Balaban J connectivity index is 2.65. The molecule has 0 saturated carbocycles. The van der Waals surface area contributed by atoms with Crippen molar-refractivity contribution in [3.8, 4) is 5.75 Å². The molecule has 2 rings (SSSR count). The molecule has 2 unspecified atom stereocenters. The van der Waals surface area contributed by atoms with Gasteiger partial charge in [-0.2, -0.15) is 8.78 Å². The Hall–Kier alpha value is -2.07. The van der Waals surface area contributed by atoms with E-state index in [0.717, 1.165) is 12.1 Å².